The zero-order chi connectivity index (χ0) is 11.0. The minimum Gasteiger partial charge on any atom is -0.337 e. The second-order valence-corrected chi connectivity index (χ2v) is 3.35. The number of hydrogen-bond donors (Lipinski definition) is 2. The first-order valence-corrected chi connectivity index (χ1v) is 4.66. The van der Waals surface area contributed by atoms with Crippen molar-refractivity contribution in [2.75, 3.05) is 6.54 Å². The smallest absolute Gasteiger partial charge is 0.318 e. The van der Waals surface area contributed by atoms with Crippen LogP contribution in [-0.2, 0) is 0 Å². The first kappa shape index (κ1) is 12.5. The molecule has 4 heteroatoms. The third-order valence-corrected chi connectivity index (χ3v) is 1.86. The minimum atomic E-state index is -0.264. The third kappa shape index (κ3) is 6.06. The number of urea groups is 1. The fourth-order valence-electron chi connectivity index (χ4n) is 0.629. The van der Waals surface area contributed by atoms with Gasteiger partial charge in [-0.05, 0) is 12.8 Å². The Labute approximate surface area is 85.0 Å². The Kier molecular flexibility index (Phi) is 6.21. The topological polar surface area (TPSA) is 64.9 Å². The van der Waals surface area contributed by atoms with Crippen molar-refractivity contribution < 1.29 is 4.79 Å². The molecule has 0 atom stereocenters. The average Bonchev–Trinajstić information content (AvgIpc) is 2.14. The summed E-state index contributed by atoms with van der Waals surface area (Å²) in [6.07, 6.45) is 2.02. The lowest BCUT2D eigenvalue weighted by molar-refractivity contribution is 0.244. The predicted molar refractivity (Wildman–Crippen MR) is 55.4 cm³/mol. The highest BCUT2D eigenvalue weighted by Crippen LogP contribution is 2.05. The molecule has 0 aromatic heterocycles. The van der Waals surface area contributed by atoms with E-state index in [1.165, 1.54) is 0 Å². The Morgan fingerprint density at radius 2 is 2.21 bits per heavy atom. The van der Waals surface area contributed by atoms with Crippen LogP contribution in [0.3, 0.4) is 0 Å². The zero-order valence-electron chi connectivity index (χ0n) is 8.92. The van der Waals surface area contributed by atoms with Gasteiger partial charge in [-0.15, -0.1) is 0 Å². The summed E-state index contributed by atoms with van der Waals surface area (Å²) in [6.45, 7) is 6.46. The first-order chi connectivity index (χ1) is 6.57. The van der Waals surface area contributed by atoms with Crippen LogP contribution in [-0.4, -0.2) is 12.6 Å². The molecular formula is C10H17N3O. The van der Waals surface area contributed by atoms with Crippen LogP contribution in [0.5, 0.6) is 0 Å². The molecule has 0 fully saturated rings. The molecule has 0 rings (SSSR count). The summed E-state index contributed by atoms with van der Waals surface area (Å²) in [5.41, 5.74) is 1.11. The van der Waals surface area contributed by atoms with E-state index in [1.54, 1.807) is 6.20 Å². The van der Waals surface area contributed by atoms with E-state index >= 15 is 0 Å². The maximum Gasteiger partial charge on any atom is 0.318 e. The van der Waals surface area contributed by atoms with Crippen LogP contribution in [0.15, 0.2) is 11.8 Å². The van der Waals surface area contributed by atoms with E-state index in [1.807, 2.05) is 13.0 Å². The molecule has 0 bridgehead atoms. The van der Waals surface area contributed by atoms with Gasteiger partial charge in [-0.2, -0.15) is 5.26 Å². The van der Waals surface area contributed by atoms with Crippen molar-refractivity contribution in [2.45, 2.75) is 27.2 Å². The van der Waals surface area contributed by atoms with Crippen LogP contribution in [0.4, 0.5) is 4.79 Å². The minimum absolute atomic E-state index is 0.264. The highest BCUT2D eigenvalue weighted by molar-refractivity contribution is 5.74. The number of hydrogen-bond acceptors (Lipinski definition) is 2. The highest BCUT2D eigenvalue weighted by Gasteiger charge is 1.98. The molecule has 0 saturated carbocycles. The summed E-state index contributed by atoms with van der Waals surface area (Å²) in [6, 6.07) is 1.68. The standard InChI is InChI=1S/C10H17N3O/c1-8(2)9(3)7-13-10(14)12-6-4-5-11/h7-8H,4,6H2,1-3H3,(H2,12,13,14)/b9-7+. The van der Waals surface area contributed by atoms with Gasteiger partial charge < -0.3 is 10.6 Å². The Morgan fingerprint density at radius 3 is 2.71 bits per heavy atom. The molecule has 0 saturated heterocycles. The number of carbonyl (C=O) groups is 1. The highest BCUT2D eigenvalue weighted by atomic mass is 16.2. The van der Waals surface area contributed by atoms with Gasteiger partial charge in [0.05, 0.1) is 12.5 Å². The largest absolute Gasteiger partial charge is 0.337 e. The van der Waals surface area contributed by atoms with Crippen LogP contribution < -0.4 is 10.6 Å². The quantitative estimate of drug-likeness (QED) is 0.671. The van der Waals surface area contributed by atoms with Crippen molar-refractivity contribution >= 4 is 6.03 Å². The van der Waals surface area contributed by atoms with Crippen molar-refractivity contribution in [1.29, 1.82) is 5.26 Å². The summed E-state index contributed by atoms with van der Waals surface area (Å²) < 4.78 is 0. The molecule has 0 aromatic rings. The molecule has 14 heavy (non-hydrogen) atoms. The van der Waals surface area contributed by atoms with Gasteiger partial charge in [0.25, 0.3) is 0 Å². The average molecular weight is 195 g/mol. The molecule has 0 aliphatic heterocycles. The lowest BCUT2D eigenvalue weighted by Crippen LogP contribution is -2.33. The monoisotopic (exact) mass is 195 g/mol. The van der Waals surface area contributed by atoms with Crippen molar-refractivity contribution in [3.05, 3.63) is 11.8 Å². The van der Waals surface area contributed by atoms with E-state index < -0.39 is 0 Å². The molecule has 0 unspecified atom stereocenters. The van der Waals surface area contributed by atoms with E-state index in [2.05, 4.69) is 24.5 Å². The lowest BCUT2D eigenvalue weighted by Gasteiger charge is -2.06. The van der Waals surface area contributed by atoms with Crippen molar-refractivity contribution in [3.8, 4) is 6.07 Å². The van der Waals surface area contributed by atoms with Crippen LogP contribution in [0, 0.1) is 17.2 Å². The van der Waals surface area contributed by atoms with Crippen molar-refractivity contribution in [1.82, 2.24) is 10.6 Å². The predicted octanol–water partition coefficient (Wildman–Crippen LogP) is 1.76. The summed E-state index contributed by atoms with van der Waals surface area (Å²) in [5, 5.41) is 13.4. The molecular weight excluding hydrogens is 178 g/mol. The molecule has 0 heterocycles. The zero-order valence-corrected chi connectivity index (χ0v) is 8.92. The fraction of sp³-hybridized carbons (Fsp3) is 0.600. The fourth-order valence-corrected chi connectivity index (χ4v) is 0.629. The molecule has 0 aliphatic carbocycles. The molecule has 0 radical (unpaired) electrons. The number of allylic oxidation sites excluding steroid dienone is 1. The van der Waals surface area contributed by atoms with Gasteiger partial charge in [0.15, 0.2) is 0 Å². The number of nitriles is 1. The molecule has 0 aliphatic rings. The van der Waals surface area contributed by atoms with Gasteiger partial charge in [0.1, 0.15) is 0 Å². The molecule has 2 N–H and O–H groups in total. The summed E-state index contributed by atoms with van der Waals surface area (Å²) in [5.74, 6) is 0.425. The van der Waals surface area contributed by atoms with Gasteiger partial charge in [-0.3, -0.25) is 0 Å². The molecule has 2 amide bonds. The summed E-state index contributed by atoms with van der Waals surface area (Å²) in [4.78, 5) is 11.1. The van der Waals surface area contributed by atoms with Crippen LogP contribution >= 0.6 is 0 Å². The van der Waals surface area contributed by atoms with E-state index in [0.29, 0.717) is 18.9 Å². The number of rotatable bonds is 4. The van der Waals surface area contributed by atoms with E-state index in [-0.39, 0.29) is 6.03 Å². The third-order valence-electron chi connectivity index (χ3n) is 1.86. The SMILES string of the molecule is C/C(=C\NC(=O)NCCC#N)C(C)C. The van der Waals surface area contributed by atoms with Crippen LogP contribution in [0.25, 0.3) is 0 Å². The first-order valence-electron chi connectivity index (χ1n) is 4.66. The lowest BCUT2D eigenvalue weighted by atomic mass is 10.1. The maximum atomic E-state index is 11.1. The molecule has 4 nitrogen and oxygen atoms in total. The normalized spacial score (nSPS) is 10.9. The number of amides is 2. The van der Waals surface area contributed by atoms with Gasteiger partial charge >= 0.3 is 6.03 Å². The summed E-state index contributed by atoms with van der Waals surface area (Å²) in [7, 11) is 0. The molecule has 78 valence electrons. The Hall–Kier alpha value is -1.50. The second-order valence-electron chi connectivity index (χ2n) is 3.35. The number of carbonyl (C=O) groups excluding carboxylic acids is 1. The Balaban J connectivity index is 3.74. The van der Waals surface area contributed by atoms with Gasteiger partial charge in [-0.25, -0.2) is 4.79 Å². The second kappa shape index (κ2) is 6.96. The van der Waals surface area contributed by atoms with Crippen molar-refractivity contribution in [3.63, 3.8) is 0 Å². The van der Waals surface area contributed by atoms with Crippen LogP contribution in [0.1, 0.15) is 27.2 Å². The van der Waals surface area contributed by atoms with Crippen molar-refractivity contribution in [2.24, 2.45) is 5.92 Å². The van der Waals surface area contributed by atoms with Gasteiger partial charge in [0, 0.05) is 12.7 Å². The Morgan fingerprint density at radius 1 is 1.57 bits per heavy atom. The van der Waals surface area contributed by atoms with E-state index in [4.69, 9.17) is 5.26 Å². The van der Waals surface area contributed by atoms with E-state index in [0.717, 1.165) is 5.57 Å². The van der Waals surface area contributed by atoms with Gasteiger partial charge in [-0.1, -0.05) is 19.4 Å². The maximum absolute atomic E-state index is 11.1. The summed E-state index contributed by atoms with van der Waals surface area (Å²) >= 11 is 0. The molecule has 0 spiro atoms. The Bertz CT molecular complexity index is 251. The number of nitrogens with one attached hydrogen (secondary N) is 2. The van der Waals surface area contributed by atoms with Crippen LogP contribution in [0.2, 0.25) is 0 Å². The van der Waals surface area contributed by atoms with Gasteiger partial charge in [0.2, 0.25) is 0 Å². The van der Waals surface area contributed by atoms with E-state index in [9.17, 15) is 4.79 Å². The number of nitrogens with zero attached hydrogens (tertiary/aromatic N) is 1. The molecule has 0 aromatic carbocycles.